The van der Waals surface area contributed by atoms with Crippen LogP contribution in [0.5, 0.6) is 0 Å². The summed E-state index contributed by atoms with van der Waals surface area (Å²) in [5.74, 6) is -0.357. The van der Waals surface area contributed by atoms with Gasteiger partial charge in [0, 0.05) is 24.0 Å². The molecule has 5 aromatic rings. The lowest BCUT2D eigenvalue weighted by Gasteiger charge is -2.15. The van der Waals surface area contributed by atoms with E-state index < -0.39 is 29.9 Å². The molecule has 2 aromatic carbocycles. The fourth-order valence-electron chi connectivity index (χ4n) is 4.32. The second-order valence-corrected chi connectivity index (χ2v) is 8.64. The molecule has 0 atom stereocenters. The lowest BCUT2D eigenvalue weighted by molar-refractivity contribution is -0.137. The van der Waals surface area contributed by atoms with Crippen LogP contribution in [0.25, 0.3) is 16.6 Å². The first-order valence-corrected chi connectivity index (χ1v) is 11.5. The molecule has 37 heavy (non-hydrogen) atoms. The van der Waals surface area contributed by atoms with Crippen molar-refractivity contribution in [2.45, 2.75) is 39.5 Å². The molecular formula is C25H22F3N7O2. The number of hydrogen-bond donors (Lipinski definition) is 1. The maximum absolute atomic E-state index is 13.3. The Morgan fingerprint density at radius 1 is 1.03 bits per heavy atom. The van der Waals surface area contributed by atoms with E-state index in [0.717, 1.165) is 28.0 Å². The lowest BCUT2D eigenvalue weighted by Crippen LogP contribution is -2.32. The normalized spacial score (nSPS) is 11.9. The first-order chi connectivity index (χ1) is 17.6. The third kappa shape index (κ3) is 4.69. The van der Waals surface area contributed by atoms with Crippen molar-refractivity contribution < 1.29 is 18.0 Å². The molecule has 0 fully saturated rings. The van der Waals surface area contributed by atoms with Gasteiger partial charge in [0.15, 0.2) is 11.5 Å². The molecule has 0 aliphatic rings. The number of hydrogen-bond acceptors (Lipinski definition) is 5. The van der Waals surface area contributed by atoms with E-state index in [9.17, 15) is 22.8 Å². The van der Waals surface area contributed by atoms with Crippen molar-refractivity contribution >= 4 is 28.1 Å². The number of aromatic nitrogens is 6. The first-order valence-electron chi connectivity index (χ1n) is 11.5. The molecule has 1 amide bonds. The van der Waals surface area contributed by atoms with Crippen molar-refractivity contribution in [3.05, 3.63) is 87.9 Å². The Labute approximate surface area is 208 Å². The van der Waals surface area contributed by atoms with E-state index in [1.54, 1.807) is 24.3 Å². The minimum atomic E-state index is -4.64. The SMILES string of the molecule is Cc1cc(C)n(CCc2nc3c4ccccc4n(CC(=O)Nc4ccccc4C(F)(F)F)c(=O)n3n2)n1. The van der Waals surface area contributed by atoms with Crippen LogP contribution in [-0.2, 0) is 30.5 Å². The maximum atomic E-state index is 13.3. The predicted octanol–water partition coefficient (Wildman–Crippen LogP) is 3.76. The molecule has 0 aliphatic heterocycles. The van der Waals surface area contributed by atoms with Crippen LogP contribution in [0.15, 0.2) is 59.4 Å². The van der Waals surface area contributed by atoms with Crippen molar-refractivity contribution in [3.63, 3.8) is 0 Å². The minimum Gasteiger partial charge on any atom is -0.324 e. The summed E-state index contributed by atoms with van der Waals surface area (Å²) in [6, 6.07) is 13.5. The van der Waals surface area contributed by atoms with Crippen LogP contribution >= 0.6 is 0 Å². The van der Waals surface area contributed by atoms with Gasteiger partial charge in [0.25, 0.3) is 0 Å². The van der Waals surface area contributed by atoms with Gasteiger partial charge in [-0.05, 0) is 44.2 Å². The molecule has 190 valence electrons. The zero-order chi connectivity index (χ0) is 26.3. The maximum Gasteiger partial charge on any atom is 0.418 e. The summed E-state index contributed by atoms with van der Waals surface area (Å²) in [5, 5.41) is 11.6. The average molecular weight is 509 g/mol. The van der Waals surface area contributed by atoms with E-state index in [4.69, 9.17) is 0 Å². The van der Waals surface area contributed by atoms with Crippen molar-refractivity contribution in [2.24, 2.45) is 0 Å². The molecule has 0 unspecified atom stereocenters. The number of nitrogens with zero attached hydrogens (tertiary/aromatic N) is 6. The van der Waals surface area contributed by atoms with Crippen LogP contribution in [0, 0.1) is 13.8 Å². The summed E-state index contributed by atoms with van der Waals surface area (Å²) < 4.78 is 44.1. The van der Waals surface area contributed by atoms with Gasteiger partial charge >= 0.3 is 11.9 Å². The minimum absolute atomic E-state index is 0.336. The zero-order valence-electron chi connectivity index (χ0n) is 20.0. The molecule has 0 bridgehead atoms. The Morgan fingerprint density at radius 3 is 2.49 bits per heavy atom. The van der Waals surface area contributed by atoms with Gasteiger partial charge in [-0.3, -0.25) is 14.0 Å². The monoisotopic (exact) mass is 509 g/mol. The summed E-state index contributed by atoms with van der Waals surface area (Å²) in [7, 11) is 0. The number of nitrogens with one attached hydrogen (secondary N) is 1. The van der Waals surface area contributed by atoms with E-state index >= 15 is 0 Å². The molecule has 3 heterocycles. The molecule has 12 heteroatoms. The standard InChI is InChI=1S/C25H22F3N7O2/c1-15-13-16(2)34(31-15)12-11-21-30-23-17-7-3-6-10-20(17)33(24(37)35(23)32-21)14-22(36)29-19-9-5-4-8-18(19)25(26,27)28/h3-10,13H,11-12,14H2,1-2H3,(H,29,36). The number of aryl methyl sites for hydroxylation is 4. The molecule has 0 aliphatic carbocycles. The van der Waals surface area contributed by atoms with Crippen LogP contribution in [0.1, 0.15) is 22.8 Å². The lowest BCUT2D eigenvalue weighted by atomic mass is 10.1. The van der Waals surface area contributed by atoms with Crippen molar-refractivity contribution in [1.82, 2.24) is 28.9 Å². The number of para-hydroxylation sites is 2. The smallest absolute Gasteiger partial charge is 0.324 e. The van der Waals surface area contributed by atoms with Crippen LogP contribution < -0.4 is 11.0 Å². The average Bonchev–Trinajstić information content (AvgIpc) is 3.42. The van der Waals surface area contributed by atoms with Gasteiger partial charge in [0.2, 0.25) is 5.91 Å². The predicted molar refractivity (Wildman–Crippen MR) is 130 cm³/mol. The van der Waals surface area contributed by atoms with Crippen LogP contribution in [-0.4, -0.2) is 34.9 Å². The highest BCUT2D eigenvalue weighted by Crippen LogP contribution is 2.34. The van der Waals surface area contributed by atoms with Gasteiger partial charge in [-0.1, -0.05) is 24.3 Å². The Morgan fingerprint density at radius 2 is 1.76 bits per heavy atom. The third-order valence-corrected chi connectivity index (χ3v) is 5.96. The van der Waals surface area contributed by atoms with E-state index in [0.29, 0.717) is 35.3 Å². The molecule has 5 rings (SSSR count). The second kappa shape index (κ2) is 9.19. The summed E-state index contributed by atoms with van der Waals surface area (Å²) in [6.07, 6.45) is -4.22. The molecule has 1 N–H and O–H groups in total. The summed E-state index contributed by atoms with van der Waals surface area (Å²) in [5.41, 5.74) is 0.653. The molecule has 3 aromatic heterocycles. The summed E-state index contributed by atoms with van der Waals surface area (Å²) >= 11 is 0. The highest BCUT2D eigenvalue weighted by molar-refractivity contribution is 5.95. The van der Waals surface area contributed by atoms with Gasteiger partial charge in [-0.25, -0.2) is 9.78 Å². The van der Waals surface area contributed by atoms with Crippen molar-refractivity contribution in [2.75, 3.05) is 5.32 Å². The number of benzene rings is 2. The number of carbonyl (C=O) groups excluding carboxylic acids is 1. The highest BCUT2D eigenvalue weighted by atomic mass is 19.4. The zero-order valence-corrected chi connectivity index (χ0v) is 20.0. The summed E-state index contributed by atoms with van der Waals surface area (Å²) in [4.78, 5) is 30.7. The number of anilines is 1. The van der Waals surface area contributed by atoms with E-state index in [2.05, 4.69) is 20.5 Å². The Bertz CT molecular complexity index is 1700. The topological polar surface area (TPSA) is 99.1 Å². The fourth-order valence-corrected chi connectivity index (χ4v) is 4.32. The number of carbonyl (C=O) groups is 1. The molecule has 9 nitrogen and oxygen atoms in total. The molecular weight excluding hydrogens is 487 g/mol. The highest BCUT2D eigenvalue weighted by Gasteiger charge is 2.33. The van der Waals surface area contributed by atoms with Gasteiger partial charge in [-0.15, -0.1) is 5.10 Å². The molecule has 0 saturated carbocycles. The van der Waals surface area contributed by atoms with Gasteiger partial charge < -0.3 is 5.32 Å². The van der Waals surface area contributed by atoms with Gasteiger partial charge in [-0.2, -0.15) is 22.8 Å². The number of amides is 1. The third-order valence-electron chi connectivity index (χ3n) is 5.96. The Kier molecular flexibility index (Phi) is 6.02. The number of rotatable bonds is 6. The number of alkyl halides is 3. The second-order valence-electron chi connectivity index (χ2n) is 8.64. The Balaban J connectivity index is 1.48. The summed E-state index contributed by atoms with van der Waals surface area (Å²) in [6.45, 7) is 3.85. The molecule has 0 saturated heterocycles. The quantitative estimate of drug-likeness (QED) is 0.376. The van der Waals surface area contributed by atoms with Gasteiger partial charge in [0.05, 0.1) is 22.5 Å². The van der Waals surface area contributed by atoms with E-state index in [-0.39, 0.29) is 5.69 Å². The van der Waals surface area contributed by atoms with E-state index in [1.807, 2.05) is 24.6 Å². The molecule has 0 radical (unpaired) electrons. The van der Waals surface area contributed by atoms with Crippen molar-refractivity contribution in [3.8, 4) is 0 Å². The number of fused-ring (bicyclic) bond motifs is 3. The van der Waals surface area contributed by atoms with Crippen molar-refractivity contribution in [1.29, 1.82) is 0 Å². The largest absolute Gasteiger partial charge is 0.418 e. The van der Waals surface area contributed by atoms with Gasteiger partial charge in [0.1, 0.15) is 6.54 Å². The molecule has 0 spiro atoms. The van der Waals surface area contributed by atoms with E-state index in [1.165, 1.54) is 16.7 Å². The Hall–Kier alpha value is -4.48. The van der Waals surface area contributed by atoms with Crippen LogP contribution in [0.4, 0.5) is 18.9 Å². The first kappa shape index (κ1) is 24.2. The fraction of sp³-hybridized carbons (Fsp3) is 0.240. The van der Waals surface area contributed by atoms with Crippen LogP contribution in [0.2, 0.25) is 0 Å². The number of halogens is 3. The van der Waals surface area contributed by atoms with Crippen LogP contribution in [0.3, 0.4) is 0 Å².